The second-order valence-corrected chi connectivity index (χ2v) is 4.16. The standard InChI is InChI=1S/C5H7ClN4O2S/c6-3-1-4(13(8,11)12)5(10-7)9-2-3/h1-2H,7H2,(H,9,10)(H2,8,11,12). The van der Waals surface area contributed by atoms with E-state index in [1.165, 1.54) is 12.3 Å². The Morgan fingerprint density at radius 2 is 2.15 bits per heavy atom. The van der Waals surface area contributed by atoms with Gasteiger partial charge in [-0.05, 0) is 6.07 Å². The first-order chi connectivity index (χ1) is 5.95. The van der Waals surface area contributed by atoms with Crippen molar-refractivity contribution in [3.05, 3.63) is 17.3 Å². The van der Waals surface area contributed by atoms with Crippen molar-refractivity contribution < 1.29 is 8.42 Å². The topological polar surface area (TPSA) is 111 Å². The Morgan fingerprint density at radius 3 is 2.62 bits per heavy atom. The van der Waals surface area contributed by atoms with Crippen LogP contribution < -0.4 is 16.4 Å². The summed E-state index contributed by atoms with van der Waals surface area (Å²) in [5, 5.41) is 5.05. The van der Waals surface area contributed by atoms with Crippen molar-refractivity contribution in [3.63, 3.8) is 0 Å². The summed E-state index contributed by atoms with van der Waals surface area (Å²) in [5.41, 5.74) is 2.10. The van der Waals surface area contributed by atoms with Gasteiger partial charge in [0.15, 0.2) is 5.82 Å². The van der Waals surface area contributed by atoms with E-state index in [9.17, 15) is 8.42 Å². The molecule has 0 saturated carbocycles. The quantitative estimate of drug-likeness (QED) is 0.469. The number of nitrogens with one attached hydrogen (secondary N) is 1. The van der Waals surface area contributed by atoms with Gasteiger partial charge in [0.2, 0.25) is 10.0 Å². The number of pyridine rings is 1. The Labute approximate surface area is 79.9 Å². The van der Waals surface area contributed by atoms with E-state index in [0.717, 1.165) is 0 Å². The molecule has 13 heavy (non-hydrogen) atoms. The largest absolute Gasteiger partial charge is 0.307 e. The predicted octanol–water partition coefficient (Wildman–Crippen LogP) is -0.332. The Morgan fingerprint density at radius 1 is 1.54 bits per heavy atom. The highest BCUT2D eigenvalue weighted by Crippen LogP contribution is 2.19. The molecule has 0 saturated heterocycles. The van der Waals surface area contributed by atoms with Crippen molar-refractivity contribution >= 4 is 27.4 Å². The maximum Gasteiger partial charge on any atom is 0.241 e. The molecule has 1 rings (SSSR count). The zero-order valence-corrected chi connectivity index (χ0v) is 7.93. The minimum absolute atomic E-state index is 0.0353. The Balaban J connectivity index is 3.41. The molecular formula is C5H7ClN4O2S. The third-order valence-electron chi connectivity index (χ3n) is 1.26. The van der Waals surface area contributed by atoms with E-state index in [-0.39, 0.29) is 15.7 Å². The van der Waals surface area contributed by atoms with E-state index in [4.69, 9.17) is 22.6 Å². The molecule has 6 nitrogen and oxygen atoms in total. The van der Waals surface area contributed by atoms with Crippen LogP contribution in [0.2, 0.25) is 5.02 Å². The average molecular weight is 223 g/mol. The minimum Gasteiger partial charge on any atom is -0.307 e. The lowest BCUT2D eigenvalue weighted by Crippen LogP contribution is -2.18. The van der Waals surface area contributed by atoms with Gasteiger partial charge in [0.1, 0.15) is 4.90 Å². The minimum atomic E-state index is -3.86. The molecule has 1 heterocycles. The lowest BCUT2D eigenvalue weighted by atomic mass is 10.5. The van der Waals surface area contributed by atoms with Gasteiger partial charge in [-0.3, -0.25) is 0 Å². The number of nitrogen functional groups attached to an aromatic ring is 1. The van der Waals surface area contributed by atoms with E-state index in [1.54, 1.807) is 0 Å². The third kappa shape index (κ3) is 2.28. The summed E-state index contributed by atoms with van der Waals surface area (Å²) in [6.45, 7) is 0. The number of nitrogens with two attached hydrogens (primary N) is 2. The summed E-state index contributed by atoms with van der Waals surface area (Å²) in [5.74, 6) is 4.99. The van der Waals surface area contributed by atoms with Crippen LogP contribution in [-0.2, 0) is 10.0 Å². The Kier molecular flexibility index (Phi) is 2.71. The molecule has 0 atom stereocenters. The number of sulfonamides is 1. The second-order valence-electron chi connectivity index (χ2n) is 2.19. The number of aromatic nitrogens is 1. The number of rotatable bonds is 2. The number of halogens is 1. The molecule has 0 amide bonds. The van der Waals surface area contributed by atoms with E-state index >= 15 is 0 Å². The summed E-state index contributed by atoms with van der Waals surface area (Å²) in [7, 11) is -3.86. The number of primary sulfonamides is 1. The number of hydrogen-bond donors (Lipinski definition) is 3. The molecule has 0 aliphatic carbocycles. The summed E-state index contributed by atoms with van der Waals surface area (Å²) in [4.78, 5) is 3.40. The summed E-state index contributed by atoms with van der Waals surface area (Å²) >= 11 is 5.53. The number of anilines is 1. The summed E-state index contributed by atoms with van der Waals surface area (Å²) in [6.07, 6.45) is 1.26. The molecule has 0 aliphatic heterocycles. The second kappa shape index (κ2) is 3.46. The normalized spacial score (nSPS) is 11.3. The van der Waals surface area contributed by atoms with Crippen LogP contribution in [0.5, 0.6) is 0 Å². The van der Waals surface area contributed by atoms with Crippen molar-refractivity contribution in [3.8, 4) is 0 Å². The molecule has 0 unspecified atom stereocenters. The first-order valence-electron chi connectivity index (χ1n) is 3.10. The van der Waals surface area contributed by atoms with Crippen LogP contribution >= 0.6 is 11.6 Å². The van der Waals surface area contributed by atoms with Gasteiger partial charge in [-0.2, -0.15) is 0 Å². The van der Waals surface area contributed by atoms with Gasteiger partial charge >= 0.3 is 0 Å². The first kappa shape index (κ1) is 10.2. The van der Waals surface area contributed by atoms with Crippen LogP contribution in [0.1, 0.15) is 0 Å². The fourth-order valence-corrected chi connectivity index (χ4v) is 1.64. The van der Waals surface area contributed by atoms with Gasteiger partial charge in [-0.25, -0.2) is 24.4 Å². The number of hydrogen-bond acceptors (Lipinski definition) is 5. The van der Waals surface area contributed by atoms with E-state index in [1.807, 2.05) is 0 Å². The van der Waals surface area contributed by atoms with Crippen LogP contribution in [-0.4, -0.2) is 13.4 Å². The van der Waals surface area contributed by atoms with Crippen LogP contribution in [0.4, 0.5) is 5.82 Å². The molecule has 8 heteroatoms. The SMILES string of the molecule is NNc1ncc(Cl)cc1S(N)(=O)=O. The van der Waals surface area contributed by atoms with Crippen LogP contribution in [0.15, 0.2) is 17.2 Å². The van der Waals surface area contributed by atoms with Gasteiger partial charge in [-0.1, -0.05) is 11.6 Å². The van der Waals surface area contributed by atoms with Crippen LogP contribution in [0, 0.1) is 0 Å². The molecule has 0 radical (unpaired) electrons. The zero-order chi connectivity index (χ0) is 10.1. The Bertz CT molecular complexity index is 419. The van der Waals surface area contributed by atoms with Gasteiger partial charge < -0.3 is 5.43 Å². The van der Waals surface area contributed by atoms with Gasteiger partial charge in [-0.15, -0.1) is 0 Å². The zero-order valence-electron chi connectivity index (χ0n) is 6.36. The molecule has 72 valence electrons. The summed E-state index contributed by atoms with van der Waals surface area (Å²) < 4.78 is 21.9. The fourth-order valence-electron chi connectivity index (χ4n) is 0.746. The molecule has 1 aromatic heterocycles. The maximum absolute atomic E-state index is 10.9. The molecule has 0 spiro atoms. The maximum atomic E-state index is 10.9. The predicted molar refractivity (Wildman–Crippen MR) is 48.4 cm³/mol. The number of hydrazine groups is 1. The van der Waals surface area contributed by atoms with Crippen LogP contribution in [0.3, 0.4) is 0 Å². The average Bonchev–Trinajstić information content (AvgIpc) is 2.03. The smallest absolute Gasteiger partial charge is 0.241 e. The third-order valence-corrected chi connectivity index (χ3v) is 2.39. The fraction of sp³-hybridized carbons (Fsp3) is 0. The monoisotopic (exact) mass is 222 g/mol. The van der Waals surface area contributed by atoms with Gasteiger partial charge in [0.05, 0.1) is 5.02 Å². The Hall–Kier alpha value is -0.890. The van der Waals surface area contributed by atoms with Crippen LogP contribution in [0.25, 0.3) is 0 Å². The highest BCUT2D eigenvalue weighted by molar-refractivity contribution is 7.89. The molecule has 0 bridgehead atoms. The lowest BCUT2D eigenvalue weighted by Gasteiger charge is -2.04. The van der Waals surface area contributed by atoms with Crippen molar-refractivity contribution in [2.75, 3.05) is 5.43 Å². The molecular weight excluding hydrogens is 216 g/mol. The molecule has 0 aromatic carbocycles. The molecule has 1 aromatic rings. The summed E-state index contributed by atoms with van der Waals surface area (Å²) in [6, 6.07) is 1.17. The highest BCUT2D eigenvalue weighted by Gasteiger charge is 2.14. The van der Waals surface area contributed by atoms with Crippen molar-refractivity contribution in [2.45, 2.75) is 4.90 Å². The van der Waals surface area contributed by atoms with E-state index < -0.39 is 10.0 Å². The van der Waals surface area contributed by atoms with Gasteiger partial charge in [0, 0.05) is 6.20 Å². The first-order valence-corrected chi connectivity index (χ1v) is 5.02. The van der Waals surface area contributed by atoms with Crippen molar-refractivity contribution in [1.29, 1.82) is 0 Å². The highest BCUT2D eigenvalue weighted by atomic mass is 35.5. The molecule has 5 N–H and O–H groups in total. The molecule has 0 fully saturated rings. The molecule has 0 aliphatic rings. The van der Waals surface area contributed by atoms with E-state index in [0.29, 0.717) is 0 Å². The van der Waals surface area contributed by atoms with Gasteiger partial charge in [0.25, 0.3) is 0 Å². The van der Waals surface area contributed by atoms with Crippen molar-refractivity contribution in [1.82, 2.24) is 4.98 Å². The van der Waals surface area contributed by atoms with Crippen molar-refractivity contribution in [2.24, 2.45) is 11.0 Å². The number of nitrogens with zero attached hydrogens (tertiary/aromatic N) is 1. The lowest BCUT2D eigenvalue weighted by molar-refractivity contribution is 0.597. The van der Waals surface area contributed by atoms with E-state index in [2.05, 4.69) is 10.4 Å².